The van der Waals surface area contributed by atoms with Crippen LogP contribution in [0, 0.1) is 5.82 Å². The number of aliphatic hydroxyl groups excluding tert-OH is 1. The molecule has 0 aliphatic carbocycles. The molecular weight excluding hydrogens is 489 g/mol. The van der Waals surface area contributed by atoms with Crippen LogP contribution in [0.2, 0.25) is 5.02 Å². The van der Waals surface area contributed by atoms with Gasteiger partial charge in [0.15, 0.2) is 5.82 Å². The molecule has 3 aliphatic rings. The summed E-state index contributed by atoms with van der Waals surface area (Å²) in [5.74, 6) is 0.119. The van der Waals surface area contributed by atoms with E-state index >= 15 is 4.39 Å². The Bertz CT molecular complexity index is 1000. The minimum Gasteiger partial charge on any atom is -0.461 e. The minimum atomic E-state index is -0.524. The number of anilines is 1. The van der Waals surface area contributed by atoms with E-state index in [1.54, 1.807) is 6.07 Å². The number of halogens is 3. The van der Waals surface area contributed by atoms with Crippen molar-refractivity contribution in [1.82, 2.24) is 20.2 Å². The van der Waals surface area contributed by atoms with Crippen molar-refractivity contribution in [3.8, 4) is 6.01 Å². The van der Waals surface area contributed by atoms with Crippen LogP contribution >= 0.6 is 27.5 Å². The molecule has 2 aromatic rings. The Morgan fingerprint density at radius 1 is 1.35 bits per heavy atom. The van der Waals surface area contributed by atoms with Crippen molar-refractivity contribution in [3.05, 3.63) is 21.4 Å². The van der Waals surface area contributed by atoms with Crippen LogP contribution in [0.15, 0.2) is 10.5 Å². The highest BCUT2D eigenvalue weighted by molar-refractivity contribution is 9.10. The van der Waals surface area contributed by atoms with Crippen molar-refractivity contribution in [3.63, 3.8) is 0 Å². The van der Waals surface area contributed by atoms with Crippen molar-refractivity contribution in [2.75, 3.05) is 44.8 Å². The third-order valence-corrected chi connectivity index (χ3v) is 8.31. The Balaban J connectivity index is 1.54. The van der Waals surface area contributed by atoms with Gasteiger partial charge in [0, 0.05) is 30.6 Å². The molecule has 3 saturated heterocycles. The van der Waals surface area contributed by atoms with Crippen LogP contribution in [0.1, 0.15) is 25.7 Å². The first-order valence-corrected chi connectivity index (χ1v) is 11.9. The van der Waals surface area contributed by atoms with Gasteiger partial charge < -0.3 is 20.1 Å². The number of likely N-dealkylation sites (tertiary alicyclic amines) is 1. The molecule has 3 fully saturated rings. The van der Waals surface area contributed by atoms with E-state index in [1.807, 2.05) is 7.05 Å². The summed E-state index contributed by atoms with van der Waals surface area (Å²) in [6.07, 6.45) is 4.07. The summed E-state index contributed by atoms with van der Waals surface area (Å²) < 4.78 is 21.3. The topological polar surface area (TPSA) is 73.8 Å². The van der Waals surface area contributed by atoms with E-state index in [0.717, 1.165) is 45.3 Å². The van der Waals surface area contributed by atoms with Gasteiger partial charge in [-0.05, 0) is 61.3 Å². The molecule has 1 aromatic heterocycles. The zero-order chi connectivity index (χ0) is 21.8. The number of fused-ring (bicyclic) bond motifs is 3. The maximum Gasteiger partial charge on any atom is 0.319 e. The van der Waals surface area contributed by atoms with Gasteiger partial charge >= 0.3 is 6.01 Å². The fourth-order valence-electron chi connectivity index (χ4n) is 5.11. The summed E-state index contributed by atoms with van der Waals surface area (Å²) in [5.41, 5.74) is -0.286. The molecule has 0 amide bonds. The van der Waals surface area contributed by atoms with E-state index in [4.69, 9.17) is 21.3 Å². The van der Waals surface area contributed by atoms with E-state index in [9.17, 15) is 5.11 Å². The zero-order valence-corrected chi connectivity index (χ0v) is 19.7. The second kappa shape index (κ2) is 8.26. The summed E-state index contributed by atoms with van der Waals surface area (Å²) >= 11 is 9.50. The number of nitrogens with one attached hydrogen (secondary N) is 1. The average Bonchev–Trinajstić information content (AvgIpc) is 3.31. The number of ether oxygens (including phenoxy) is 1. The second-order valence-corrected chi connectivity index (χ2v) is 10.2. The first-order valence-electron chi connectivity index (χ1n) is 10.7. The molecule has 2 unspecified atom stereocenters. The van der Waals surface area contributed by atoms with Crippen LogP contribution in [0.4, 0.5) is 10.2 Å². The molecule has 2 N–H and O–H groups in total. The van der Waals surface area contributed by atoms with Crippen LogP contribution in [-0.4, -0.2) is 77.5 Å². The van der Waals surface area contributed by atoms with Gasteiger partial charge in [0.2, 0.25) is 0 Å². The molecular formula is C21H26BrClFN5O2. The standard InChI is InChI=1S/C21H26BrClFN5O2/c1-28-6-2-5-21(28,10-30)11-31-20-26-18-14(7-15(23)16(22)17(18)24)19(27-20)29-8-12-3-4-13(9-29)25-12/h7,12-13,25,30H,2-6,8-11H2,1H3/t12?,13?,21-/m1/s1. The van der Waals surface area contributed by atoms with E-state index < -0.39 is 11.4 Å². The number of benzene rings is 1. The molecule has 3 aliphatic heterocycles. The molecule has 2 bridgehead atoms. The van der Waals surface area contributed by atoms with Crippen LogP contribution < -0.4 is 15.0 Å². The fraction of sp³-hybridized carbons (Fsp3) is 0.619. The second-order valence-electron chi connectivity index (χ2n) is 8.95. The maximum atomic E-state index is 15.1. The first-order chi connectivity index (χ1) is 14.9. The zero-order valence-electron chi connectivity index (χ0n) is 17.4. The maximum absolute atomic E-state index is 15.1. The Hall–Kier alpha value is -1.26. The first kappa shape index (κ1) is 21.6. The number of piperazine rings is 1. The Kier molecular flexibility index (Phi) is 5.75. The number of aromatic nitrogens is 2. The molecule has 0 saturated carbocycles. The van der Waals surface area contributed by atoms with Gasteiger partial charge in [0.25, 0.3) is 0 Å². The van der Waals surface area contributed by atoms with Gasteiger partial charge in [-0.1, -0.05) is 11.6 Å². The molecule has 1 aromatic carbocycles. The van der Waals surface area contributed by atoms with Gasteiger partial charge in [0.05, 0.1) is 21.6 Å². The van der Waals surface area contributed by atoms with Crippen molar-refractivity contribution in [2.45, 2.75) is 43.3 Å². The predicted octanol–water partition coefficient (Wildman–Crippen LogP) is 2.96. The lowest BCUT2D eigenvalue weighted by atomic mass is 9.99. The normalized spacial score (nSPS) is 28.6. The third-order valence-electron chi connectivity index (χ3n) is 7.01. The smallest absolute Gasteiger partial charge is 0.319 e. The van der Waals surface area contributed by atoms with Gasteiger partial charge in [-0.2, -0.15) is 9.97 Å². The van der Waals surface area contributed by atoms with E-state index in [1.165, 1.54) is 0 Å². The summed E-state index contributed by atoms with van der Waals surface area (Å²) in [4.78, 5) is 13.4. The van der Waals surface area contributed by atoms with Crippen molar-refractivity contribution in [1.29, 1.82) is 0 Å². The summed E-state index contributed by atoms with van der Waals surface area (Å²) in [7, 11) is 1.98. The highest BCUT2D eigenvalue weighted by Gasteiger charge is 2.39. The fourth-order valence-corrected chi connectivity index (χ4v) is 5.61. The van der Waals surface area contributed by atoms with Crippen LogP contribution in [0.3, 0.4) is 0 Å². The van der Waals surface area contributed by atoms with E-state index in [2.05, 4.69) is 36.0 Å². The molecule has 7 nitrogen and oxygen atoms in total. The molecule has 168 valence electrons. The number of rotatable bonds is 5. The lowest BCUT2D eigenvalue weighted by molar-refractivity contribution is 0.0363. The van der Waals surface area contributed by atoms with E-state index in [-0.39, 0.29) is 34.2 Å². The van der Waals surface area contributed by atoms with Gasteiger partial charge in [0.1, 0.15) is 17.9 Å². The monoisotopic (exact) mass is 513 g/mol. The van der Waals surface area contributed by atoms with Gasteiger partial charge in [-0.3, -0.25) is 4.90 Å². The molecule has 0 radical (unpaired) electrons. The molecule has 10 heteroatoms. The van der Waals surface area contributed by atoms with Crippen molar-refractivity contribution >= 4 is 44.3 Å². The number of aliphatic hydroxyl groups is 1. The SMILES string of the molecule is CN1CCC[C@@]1(CO)COc1nc(N2CC3CCC(C2)N3)c2cc(Cl)c(Br)c(F)c2n1. The van der Waals surface area contributed by atoms with Crippen LogP contribution in [0.25, 0.3) is 10.9 Å². The molecule has 3 atom stereocenters. The quantitative estimate of drug-likeness (QED) is 0.594. The van der Waals surface area contributed by atoms with E-state index in [0.29, 0.717) is 23.3 Å². The molecule has 0 spiro atoms. The number of hydrogen-bond acceptors (Lipinski definition) is 7. The lowest BCUT2D eigenvalue weighted by Gasteiger charge is -2.35. The number of likely N-dealkylation sites (N-methyl/N-ethyl adjacent to an activating group) is 1. The lowest BCUT2D eigenvalue weighted by Crippen LogP contribution is -2.51. The Labute approximate surface area is 194 Å². The average molecular weight is 515 g/mol. The van der Waals surface area contributed by atoms with Crippen molar-refractivity contribution in [2.24, 2.45) is 0 Å². The number of nitrogens with zero attached hydrogens (tertiary/aromatic N) is 4. The summed E-state index contributed by atoms with van der Waals surface area (Å²) in [5, 5.41) is 14.5. The number of hydrogen-bond donors (Lipinski definition) is 2. The highest BCUT2D eigenvalue weighted by Crippen LogP contribution is 2.38. The summed E-state index contributed by atoms with van der Waals surface area (Å²) in [6.45, 7) is 2.72. The molecule has 31 heavy (non-hydrogen) atoms. The minimum absolute atomic E-state index is 0.0133. The Morgan fingerprint density at radius 2 is 2.10 bits per heavy atom. The summed E-state index contributed by atoms with van der Waals surface area (Å²) in [6, 6.07) is 2.63. The van der Waals surface area contributed by atoms with Gasteiger partial charge in [-0.15, -0.1) is 0 Å². The Morgan fingerprint density at radius 3 is 2.74 bits per heavy atom. The largest absolute Gasteiger partial charge is 0.461 e. The van der Waals surface area contributed by atoms with Crippen LogP contribution in [0.5, 0.6) is 6.01 Å². The highest BCUT2D eigenvalue weighted by atomic mass is 79.9. The molecule has 5 rings (SSSR count). The third kappa shape index (κ3) is 3.78. The predicted molar refractivity (Wildman–Crippen MR) is 122 cm³/mol. The van der Waals surface area contributed by atoms with Crippen molar-refractivity contribution < 1.29 is 14.2 Å². The van der Waals surface area contributed by atoms with Gasteiger partial charge in [-0.25, -0.2) is 4.39 Å². The van der Waals surface area contributed by atoms with Crippen LogP contribution in [-0.2, 0) is 0 Å². The molecule has 4 heterocycles.